The van der Waals surface area contributed by atoms with Gasteiger partial charge in [-0.2, -0.15) is 5.10 Å². The van der Waals surface area contributed by atoms with Crippen molar-refractivity contribution in [1.29, 1.82) is 0 Å². The van der Waals surface area contributed by atoms with Crippen LogP contribution >= 0.6 is 15.9 Å². The molecule has 0 amide bonds. The third kappa shape index (κ3) is 2.19. The lowest BCUT2D eigenvalue weighted by Gasteiger charge is -2.09. The van der Waals surface area contributed by atoms with Crippen LogP contribution in [0.1, 0.15) is 5.56 Å². The molecular formula is C11H13BrN4. The molecule has 2 rings (SSSR count). The molecule has 0 radical (unpaired) electrons. The molecule has 1 aromatic carbocycles. The standard InChI is InChI=1S/C11H13BrN4/c1-7-3-11(9(12)4-10(7)13)15-8-5-14-16(2)6-8/h3-6,15H,13H2,1-2H3. The lowest BCUT2D eigenvalue weighted by atomic mass is 10.2. The van der Waals surface area contributed by atoms with Gasteiger partial charge in [-0.1, -0.05) is 0 Å². The molecule has 3 N–H and O–H groups in total. The van der Waals surface area contributed by atoms with E-state index in [9.17, 15) is 0 Å². The van der Waals surface area contributed by atoms with Gasteiger partial charge in [-0.05, 0) is 40.5 Å². The van der Waals surface area contributed by atoms with Gasteiger partial charge in [-0.3, -0.25) is 4.68 Å². The quantitative estimate of drug-likeness (QED) is 0.832. The minimum absolute atomic E-state index is 0.781. The van der Waals surface area contributed by atoms with E-state index in [1.807, 2.05) is 32.3 Å². The maximum absolute atomic E-state index is 5.81. The Morgan fingerprint density at radius 3 is 2.81 bits per heavy atom. The topological polar surface area (TPSA) is 55.9 Å². The summed E-state index contributed by atoms with van der Waals surface area (Å²) in [6.45, 7) is 1.98. The van der Waals surface area contributed by atoms with E-state index in [1.54, 1.807) is 10.9 Å². The second-order valence-electron chi connectivity index (χ2n) is 3.72. The second kappa shape index (κ2) is 4.17. The number of hydrogen-bond donors (Lipinski definition) is 2. The highest BCUT2D eigenvalue weighted by atomic mass is 79.9. The van der Waals surface area contributed by atoms with Gasteiger partial charge in [0.15, 0.2) is 0 Å². The molecule has 4 nitrogen and oxygen atoms in total. The Morgan fingerprint density at radius 2 is 2.19 bits per heavy atom. The van der Waals surface area contributed by atoms with Crippen molar-refractivity contribution < 1.29 is 0 Å². The van der Waals surface area contributed by atoms with E-state index in [4.69, 9.17) is 5.73 Å². The first-order valence-electron chi connectivity index (χ1n) is 4.87. The SMILES string of the molecule is Cc1cc(Nc2cnn(C)c2)c(Br)cc1N. The average molecular weight is 281 g/mol. The van der Waals surface area contributed by atoms with Crippen molar-refractivity contribution in [1.82, 2.24) is 9.78 Å². The first kappa shape index (κ1) is 11.0. The zero-order chi connectivity index (χ0) is 11.7. The van der Waals surface area contributed by atoms with E-state index in [0.717, 1.165) is 27.1 Å². The van der Waals surface area contributed by atoms with E-state index in [1.165, 1.54) is 0 Å². The summed E-state index contributed by atoms with van der Waals surface area (Å²) in [6, 6.07) is 3.90. The van der Waals surface area contributed by atoms with Crippen molar-refractivity contribution in [2.24, 2.45) is 7.05 Å². The number of benzene rings is 1. The van der Waals surface area contributed by atoms with Crippen molar-refractivity contribution in [3.05, 3.63) is 34.6 Å². The Morgan fingerprint density at radius 1 is 1.44 bits per heavy atom. The number of nitrogens with two attached hydrogens (primary N) is 1. The van der Waals surface area contributed by atoms with Crippen molar-refractivity contribution >= 4 is 33.0 Å². The molecule has 0 unspecified atom stereocenters. The van der Waals surface area contributed by atoms with Gasteiger partial charge in [0, 0.05) is 23.4 Å². The fraction of sp³-hybridized carbons (Fsp3) is 0.182. The predicted octanol–water partition coefficient (Wildman–Crippen LogP) is 2.82. The van der Waals surface area contributed by atoms with Crippen LogP contribution in [0.4, 0.5) is 17.1 Å². The molecule has 5 heteroatoms. The third-order valence-electron chi connectivity index (χ3n) is 2.34. The Bertz CT molecular complexity index is 519. The fourth-order valence-electron chi connectivity index (χ4n) is 1.43. The van der Waals surface area contributed by atoms with Gasteiger partial charge in [0.25, 0.3) is 0 Å². The van der Waals surface area contributed by atoms with Crippen LogP contribution in [0.25, 0.3) is 0 Å². The maximum atomic E-state index is 5.81. The highest BCUT2D eigenvalue weighted by Crippen LogP contribution is 2.29. The number of hydrogen-bond acceptors (Lipinski definition) is 3. The maximum Gasteiger partial charge on any atom is 0.0770 e. The summed E-state index contributed by atoms with van der Waals surface area (Å²) in [5.41, 5.74) is 9.58. The summed E-state index contributed by atoms with van der Waals surface area (Å²) in [4.78, 5) is 0. The molecular weight excluding hydrogens is 268 g/mol. The highest BCUT2D eigenvalue weighted by Gasteiger charge is 2.04. The van der Waals surface area contributed by atoms with Gasteiger partial charge in [-0.15, -0.1) is 0 Å². The highest BCUT2D eigenvalue weighted by molar-refractivity contribution is 9.10. The normalized spacial score (nSPS) is 10.4. The zero-order valence-electron chi connectivity index (χ0n) is 9.16. The minimum atomic E-state index is 0.781. The molecule has 0 bridgehead atoms. The lowest BCUT2D eigenvalue weighted by molar-refractivity contribution is 0.768. The first-order chi connectivity index (χ1) is 7.56. The van der Waals surface area contributed by atoms with Crippen molar-refractivity contribution in [3.8, 4) is 0 Å². The van der Waals surface area contributed by atoms with Gasteiger partial charge in [0.1, 0.15) is 0 Å². The van der Waals surface area contributed by atoms with Crippen molar-refractivity contribution in [2.75, 3.05) is 11.1 Å². The molecule has 2 aromatic rings. The lowest BCUT2D eigenvalue weighted by Crippen LogP contribution is -1.95. The molecule has 0 saturated heterocycles. The largest absolute Gasteiger partial charge is 0.398 e. The van der Waals surface area contributed by atoms with Crippen molar-refractivity contribution in [2.45, 2.75) is 6.92 Å². The van der Waals surface area contributed by atoms with Crippen LogP contribution in [0.5, 0.6) is 0 Å². The molecule has 0 atom stereocenters. The van der Waals surface area contributed by atoms with Gasteiger partial charge in [0.2, 0.25) is 0 Å². The summed E-state index contributed by atoms with van der Waals surface area (Å²) < 4.78 is 2.69. The van der Waals surface area contributed by atoms with Crippen LogP contribution in [-0.2, 0) is 7.05 Å². The summed E-state index contributed by atoms with van der Waals surface area (Å²) in [7, 11) is 1.88. The average Bonchev–Trinajstić information content (AvgIpc) is 2.60. The van der Waals surface area contributed by atoms with Gasteiger partial charge >= 0.3 is 0 Å². The summed E-state index contributed by atoms with van der Waals surface area (Å²) in [6.07, 6.45) is 3.69. The van der Waals surface area contributed by atoms with Crippen molar-refractivity contribution in [3.63, 3.8) is 0 Å². The second-order valence-corrected chi connectivity index (χ2v) is 4.57. The predicted molar refractivity (Wildman–Crippen MR) is 69.8 cm³/mol. The first-order valence-corrected chi connectivity index (χ1v) is 5.67. The number of anilines is 3. The van der Waals surface area contributed by atoms with E-state index < -0.39 is 0 Å². The molecule has 0 aliphatic carbocycles. The van der Waals surface area contributed by atoms with Crippen LogP contribution < -0.4 is 11.1 Å². The number of nitrogens with one attached hydrogen (secondary N) is 1. The van der Waals surface area contributed by atoms with Crippen LogP contribution in [0, 0.1) is 6.92 Å². The molecule has 0 aliphatic rings. The van der Waals surface area contributed by atoms with E-state index in [-0.39, 0.29) is 0 Å². The molecule has 0 fully saturated rings. The molecule has 1 heterocycles. The van der Waals surface area contributed by atoms with Gasteiger partial charge in [-0.25, -0.2) is 0 Å². The number of halogens is 1. The Labute approximate surface area is 103 Å². The summed E-state index contributed by atoms with van der Waals surface area (Å²) in [5.74, 6) is 0. The van der Waals surface area contributed by atoms with Crippen LogP contribution in [-0.4, -0.2) is 9.78 Å². The van der Waals surface area contributed by atoms with Gasteiger partial charge < -0.3 is 11.1 Å². The molecule has 1 aromatic heterocycles. The van der Waals surface area contributed by atoms with E-state index in [2.05, 4.69) is 26.3 Å². The third-order valence-corrected chi connectivity index (χ3v) is 3.00. The molecule has 84 valence electrons. The number of nitrogen functional groups attached to an aromatic ring is 1. The number of rotatable bonds is 2. The number of aromatic nitrogens is 2. The van der Waals surface area contributed by atoms with Crippen LogP contribution in [0.15, 0.2) is 29.0 Å². The van der Waals surface area contributed by atoms with Crippen LogP contribution in [0.2, 0.25) is 0 Å². The zero-order valence-corrected chi connectivity index (χ0v) is 10.7. The summed E-state index contributed by atoms with van der Waals surface area (Å²) >= 11 is 3.48. The Kier molecular flexibility index (Phi) is 2.87. The minimum Gasteiger partial charge on any atom is -0.398 e. The number of nitrogens with zero attached hydrogens (tertiary/aromatic N) is 2. The molecule has 0 spiro atoms. The van der Waals surface area contributed by atoms with Gasteiger partial charge in [0.05, 0.1) is 17.6 Å². The monoisotopic (exact) mass is 280 g/mol. The Hall–Kier alpha value is -1.49. The smallest absolute Gasteiger partial charge is 0.0770 e. The molecule has 0 aliphatic heterocycles. The molecule has 0 saturated carbocycles. The Balaban J connectivity index is 2.31. The summed E-state index contributed by atoms with van der Waals surface area (Å²) in [5, 5.41) is 7.37. The van der Waals surface area contributed by atoms with E-state index >= 15 is 0 Å². The fourth-order valence-corrected chi connectivity index (χ4v) is 1.89. The van der Waals surface area contributed by atoms with Crippen LogP contribution in [0.3, 0.4) is 0 Å². The molecule has 16 heavy (non-hydrogen) atoms. The number of aryl methyl sites for hydroxylation is 2. The van der Waals surface area contributed by atoms with E-state index in [0.29, 0.717) is 0 Å².